The Balaban J connectivity index is 2.50. The minimum absolute atomic E-state index is 0.132. The highest BCUT2D eigenvalue weighted by Gasteiger charge is 2.74. The largest absolute Gasteiger partial charge is 0.465 e. The molecule has 0 spiro atoms. The molecule has 7 heteroatoms. The third-order valence-corrected chi connectivity index (χ3v) is 5.53. The minimum Gasteiger partial charge on any atom is -0.465 e. The average Bonchev–Trinajstić information content (AvgIpc) is 3.09. The van der Waals surface area contributed by atoms with Crippen LogP contribution in [-0.4, -0.2) is 39.0 Å². The Morgan fingerprint density at radius 2 is 2.14 bits per heavy atom. The Labute approximate surface area is 123 Å². The van der Waals surface area contributed by atoms with Gasteiger partial charge in [0.05, 0.1) is 11.9 Å². The summed E-state index contributed by atoms with van der Waals surface area (Å²) in [6, 6.07) is 5.58. The van der Waals surface area contributed by atoms with Gasteiger partial charge in [-0.25, -0.2) is 12.8 Å². The molecule has 5 nitrogen and oxygen atoms in total. The van der Waals surface area contributed by atoms with Crippen LogP contribution in [0.2, 0.25) is 0 Å². The highest BCUT2D eigenvalue weighted by molar-refractivity contribution is 7.91. The number of nitrogens with two attached hydrogens (primary N) is 1. The summed E-state index contributed by atoms with van der Waals surface area (Å²) < 4.78 is 42.4. The van der Waals surface area contributed by atoms with Gasteiger partial charge in [0.15, 0.2) is 9.84 Å². The normalized spacial score (nSPS) is 28.2. The van der Waals surface area contributed by atoms with Crippen molar-refractivity contribution in [1.82, 2.24) is 0 Å². The molecule has 1 saturated carbocycles. The van der Waals surface area contributed by atoms with Gasteiger partial charge >= 0.3 is 5.97 Å². The molecule has 1 aromatic carbocycles. The maximum Gasteiger partial charge on any atom is 0.315 e. The molecule has 21 heavy (non-hydrogen) atoms. The van der Waals surface area contributed by atoms with Crippen LogP contribution in [0.1, 0.15) is 18.4 Å². The minimum atomic E-state index is -3.53. The first-order valence-electron chi connectivity index (χ1n) is 6.60. The molecule has 1 aromatic rings. The fourth-order valence-electron chi connectivity index (χ4n) is 3.04. The molecule has 1 fully saturated rings. The number of rotatable bonds is 5. The molecule has 0 aliphatic heterocycles. The lowest BCUT2D eigenvalue weighted by Gasteiger charge is -2.14. The molecule has 0 unspecified atom stereocenters. The van der Waals surface area contributed by atoms with E-state index in [0.717, 1.165) is 6.26 Å². The summed E-state index contributed by atoms with van der Waals surface area (Å²) in [5.41, 5.74) is 4.82. The second-order valence-corrected chi connectivity index (χ2v) is 7.41. The Kier molecular flexibility index (Phi) is 4.08. The predicted molar refractivity (Wildman–Crippen MR) is 75.9 cm³/mol. The van der Waals surface area contributed by atoms with Crippen molar-refractivity contribution in [1.29, 1.82) is 0 Å². The molecule has 0 amide bonds. The zero-order valence-electron chi connectivity index (χ0n) is 11.9. The van der Waals surface area contributed by atoms with Crippen molar-refractivity contribution in [3.63, 3.8) is 0 Å². The van der Waals surface area contributed by atoms with E-state index in [4.69, 9.17) is 10.5 Å². The molecular weight excluding hydrogens is 297 g/mol. The van der Waals surface area contributed by atoms with Crippen LogP contribution in [0.25, 0.3) is 0 Å². The van der Waals surface area contributed by atoms with Gasteiger partial charge in [0.25, 0.3) is 0 Å². The Bertz CT molecular complexity index is 661. The lowest BCUT2D eigenvalue weighted by molar-refractivity contribution is -0.149. The van der Waals surface area contributed by atoms with Crippen molar-refractivity contribution in [3.05, 3.63) is 35.6 Å². The summed E-state index contributed by atoms with van der Waals surface area (Å²) in [5, 5.41) is -0.976. The Morgan fingerprint density at radius 3 is 2.62 bits per heavy atom. The molecule has 0 saturated heterocycles. The van der Waals surface area contributed by atoms with E-state index in [1.807, 2.05) is 0 Å². The fourth-order valence-corrected chi connectivity index (χ4v) is 4.96. The first-order chi connectivity index (χ1) is 9.79. The fraction of sp³-hybridized carbons (Fsp3) is 0.500. The van der Waals surface area contributed by atoms with E-state index >= 15 is 0 Å². The second kappa shape index (κ2) is 5.38. The topological polar surface area (TPSA) is 86.5 Å². The number of hydrogen-bond acceptors (Lipinski definition) is 5. The number of sulfone groups is 1. The van der Waals surface area contributed by atoms with Crippen molar-refractivity contribution in [2.45, 2.75) is 18.1 Å². The van der Waals surface area contributed by atoms with Gasteiger partial charge in [-0.15, -0.1) is 0 Å². The van der Waals surface area contributed by atoms with Crippen LogP contribution in [-0.2, 0) is 19.4 Å². The van der Waals surface area contributed by atoms with E-state index in [9.17, 15) is 17.6 Å². The molecule has 1 aliphatic rings. The maximum absolute atomic E-state index is 13.4. The molecule has 1 aliphatic carbocycles. The lowest BCUT2D eigenvalue weighted by atomic mass is 9.99. The van der Waals surface area contributed by atoms with Crippen LogP contribution in [0.15, 0.2) is 24.3 Å². The summed E-state index contributed by atoms with van der Waals surface area (Å²) in [6.07, 6.45) is 1.06. The Morgan fingerprint density at radius 1 is 1.48 bits per heavy atom. The van der Waals surface area contributed by atoms with E-state index in [2.05, 4.69) is 0 Å². The average molecular weight is 315 g/mol. The van der Waals surface area contributed by atoms with Gasteiger partial charge in [-0.05, 0) is 24.6 Å². The van der Waals surface area contributed by atoms with Crippen molar-refractivity contribution in [3.8, 4) is 0 Å². The van der Waals surface area contributed by atoms with Gasteiger partial charge in [0.2, 0.25) is 0 Å². The van der Waals surface area contributed by atoms with Crippen molar-refractivity contribution < 1.29 is 22.3 Å². The van der Waals surface area contributed by atoms with Crippen LogP contribution < -0.4 is 5.73 Å². The number of hydrogen-bond donors (Lipinski definition) is 1. The Hall–Kier alpha value is -1.47. The monoisotopic (exact) mass is 315 g/mol. The number of carbonyl (C=O) groups excluding carboxylic acids is 1. The van der Waals surface area contributed by atoms with E-state index in [1.54, 1.807) is 13.0 Å². The maximum atomic E-state index is 13.4. The summed E-state index contributed by atoms with van der Waals surface area (Å²) in [7, 11) is -3.53. The third kappa shape index (κ3) is 2.55. The van der Waals surface area contributed by atoms with Gasteiger partial charge in [-0.3, -0.25) is 4.79 Å². The van der Waals surface area contributed by atoms with Gasteiger partial charge < -0.3 is 10.5 Å². The molecular formula is C14H18FNO4S. The highest BCUT2D eigenvalue weighted by atomic mass is 32.2. The van der Waals surface area contributed by atoms with Crippen molar-refractivity contribution in [2.24, 2.45) is 11.1 Å². The molecule has 0 radical (unpaired) electrons. The van der Waals surface area contributed by atoms with Crippen LogP contribution in [0.5, 0.6) is 0 Å². The number of esters is 1. The van der Waals surface area contributed by atoms with Crippen molar-refractivity contribution >= 4 is 15.8 Å². The van der Waals surface area contributed by atoms with Crippen LogP contribution in [0.4, 0.5) is 4.39 Å². The summed E-state index contributed by atoms with van der Waals surface area (Å²) >= 11 is 0. The summed E-state index contributed by atoms with van der Waals surface area (Å²) in [4.78, 5) is 12.2. The predicted octanol–water partition coefficient (Wildman–Crippen LogP) is 0.844. The number of benzene rings is 1. The molecule has 2 rings (SSSR count). The number of carbonyl (C=O) groups is 1. The molecule has 116 valence electrons. The quantitative estimate of drug-likeness (QED) is 0.814. The third-order valence-electron chi connectivity index (χ3n) is 3.92. The van der Waals surface area contributed by atoms with Crippen LogP contribution in [0, 0.1) is 11.2 Å². The summed E-state index contributed by atoms with van der Waals surface area (Å²) in [6.45, 7) is 1.61. The van der Waals surface area contributed by atoms with Gasteiger partial charge in [-0.1, -0.05) is 12.1 Å². The standard InChI is InChI=1S/C14H18FNO4S/c1-3-20-13(17)14(8-16)11(12(14)21(2,18)19)9-5-4-6-10(15)7-9/h4-7,11-12H,3,8,16H2,1-2H3/t11-,12-,14-/m1/s1. The molecule has 0 heterocycles. The summed E-state index contributed by atoms with van der Waals surface area (Å²) in [5.74, 6) is -1.80. The molecule has 0 bridgehead atoms. The SMILES string of the molecule is CCOC(=O)[C@]1(CN)[C@H](c2cccc(F)c2)[C@H]1S(C)(=O)=O. The van der Waals surface area contributed by atoms with Crippen molar-refractivity contribution in [2.75, 3.05) is 19.4 Å². The second-order valence-electron chi connectivity index (χ2n) is 5.25. The van der Waals surface area contributed by atoms with Gasteiger partial charge in [0.1, 0.15) is 11.2 Å². The first kappa shape index (κ1) is 15.9. The number of ether oxygens (including phenoxy) is 1. The lowest BCUT2D eigenvalue weighted by Crippen LogP contribution is -2.33. The van der Waals surface area contributed by atoms with E-state index in [0.29, 0.717) is 5.56 Å². The van der Waals surface area contributed by atoms with E-state index in [-0.39, 0.29) is 13.2 Å². The highest BCUT2D eigenvalue weighted by Crippen LogP contribution is 2.62. The van der Waals surface area contributed by atoms with Gasteiger partial charge in [0, 0.05) is 18.7 Å². The van der Waals surface area contributed by atoms with Crippen LogP contribution in [0.3, 0.4) is 0 Å². The zero-order valence-corrected chi connectivity index (χ0v) is 12.7. The van der Waals surface area contributed by atoms with Gasteiger partial charge in [-0.2, -0.15) is 0 Å². The van der Waals surface area contributed by atoms with E-state index < -0.39 is 38.2 Å². The molecule has 0 aromatic heterocycles. The van der Waals surface area contributed by atoms with Crippen LogP contribution >= 0.6 is 0 Å². The van der Waals surface area contributed by atoms with E-state index in [1.165, 1.54) is 18.2 Å². The number of halogens is 1. The zero-order chi connectivity index (χ0) is 15.8. The molecule has 3 atom stereocenters. The first-order valence-corrected chi connectivity index (χ1v) is 8.56. The smallest absolute Gasteiger partial charge is 0.315 e. The molecule has 2 N–H and O–H groups in total.